The summed E-state index contributed by atoms with van der Waals surface area (Å²) in [7, 11) is 0. The lowest BCUT2D eigenvalue weighted by Gasteiger charge is -2.35. The molecule has 5 heteroatoms. The van der Waals surface area contributed by atoms with Gasteiger partial charge < -0.3 is 10.2 Å². The predicted octanol–water partition coefficient (Wildman–Crippen LogP) is 2.52. The fourth-order valence-corrected chi connectivity index (χ4v) is 4.95. The standard InChI is InChI=1S/C18H33N3O.ClH/c1-15(2)13-18(6-3-4-7-18)17(22)21-10-5-16(14-21)20-11-8-19-9-12-20;/h15-16,19H,3-14H2,1-2H3;1H. The van der Waals surface area contributed by atoms with Gasteiger partial charge in [0.2, 0.25) is 5.91 Å². The topological polar surface area (TPSA) is 35.6 Å². The summed E-state index contributed by atoms with van der Waals surface area (Å²) in [4.78, 5) is 18.0. The van der Waals surface area contributed by atoms with Gasteiger partial charge in [-0.1, -0.05) is 26.7 Å². The van der Waals surface area contributed by atoms with Crippen molar-refractivity contribution in [2.45, 2.75) is 58.4 Å². The van der Waals surface area contributed by atoms with Crippen LogP contribution in [0.3, 0.4) is 0 Å². The van der Waals surface area contributed by atoms with Crippen LogP contribution < -0.4 is 5.32 Å². The first-order chi connectivity index (χ1) is 10.6. The Morgan fingerprint density at radius 3 is 2.43 bits per heavy atom. The van der Waals surface area contributed by atoms with E-state index in [9.17, 15) is 4.79 Å². The van der Waals surface area contributed by atoms with Crippen LogP contribution >= 0.6 is 12.4 Å². The van der Waals surface area contributed by atoms with E-state index in [1.165, 1.54) is 19.3 Å². The van der Waals surface area contributed by atoms with Crippen molar-refractivity contribution >= 4 is 18.3 Å². The van der Waals surface area contributed by atoms with Crippen molar-refractivity contribution in [1.82, 2.24) is 15.1 Å². The fraction of sp³-hybridized carbons (Fsp3) is 0.944. The van der Waals surface area contributed by atoms with Gasteiger partial charge >= 0.3 is 0 Å². The second kappa shape index (κ2) is 8.17. The van der Waals surface area contributed by atoms with Crippen LogP contribution in [-0.2, 0) is 4.79 Å². The lowest BCUT2D eigenvalue weighted by atomic mass is 9.77. The predicted molar refractivity (Wildman–Crippen MR) is 97.0 cm³/mol. The maximum Gasteiger partial charge on any atom is 0.228 e. The molecular weight excluding hydrogens is 310 g/mol. The maximum absolute atomic E-state index is 13.2. The highest BCUT2D eigenvalue weighted by atomic mass is 35.5. The van der Waals surface area contributed by atoms with Gasteiger partial charge in [-0.2, -0.15) is 0 Å². The molecule has 4 nitrogen and oxygen atoms in total. The fourth-order valence-electron chi connectivity index (χ4n) is 4.95. The molecule has 3 rings (SSSR count). The van der Waals surface area contributed by atoms with E-state index in [2.05, 4.69) is 29.0 Å². The van der Waals surface area contributed by atoms with E-state index >= 15 is 0 Å². The summed E-state index contributed by atoms with van der Waals surface area (Å²) in [5.74, 6) is 1.10. The highest BCUT2D eigenvalue weighted by Gasteiger charge is 2.45. The smallest absolute Gasteiger partial charge is 0.228 e. The van der Waals surface area contributed by atoms with E-state index in [1.54, 1.807) is 0 Å². The molecule has 1 atom stereocenters. The molecule has 0 aromatic carbocycles. The Bertz CT molecular complexity index is 390. The number of likely N-dealkylation sites (tertiary alicyclic amines) is 1. The van der Waals surface area contributed by atoms with Gasteiger partial charge in [-0.3, -0.25) is 9.69 Å². The Kier molecular flexibility index (Phi) is 6.76. The molecule has 0 bridgehead atoms. The molecule has 2 saturated heterocycles. The Hall–Kier alpha value is -0.320. The molecule has 1 N–H and O–H groups in total. The lowest BCUT2D eigenvalue weighted by molar-refractivity contribution is -0.142. The van der Waals surface area contributed by atoms with Crippen molar-refractivity contribution in [2.75, 3.05) is 39.3 Å². The summed E-state index contributed by atoms with van der Waals surface area (Å²) < 4.78 is 0. The van der Waals surface area contributed by atoms with Gasteiger partial charge in [-0.25, -0.2) is 0 Å². The minimum Gasteiger partial charge on any atom is -0.341 e. The molecule has 3 aliphatic rings. The normalized spacial score (nSPS) is 28.1. The van der Waals surface area contributed by atoms with Crippen LogP contribution in [0, 0.1) is 11.3 Å². The third-order valence-corrected chi connectivity index (χ3v) is 5.93. The Balaban J connectivity index is 0.00000192. The molecule has 1 saturated carbocycles. The number of halogens is 1. The quantitative estimate of drug-likeness (QED) is 0.852. The van der Waals surface area contributed by atoms with Gasteiger partial charge in [0.15, 0.2) is 0 Å². The molecule has 1 unspecified atom stereocenters. The van der Waals surface area contributed by atoms with Gasteiger partial charge in [-0.15, -0.1) is 12.4 Å². The monoisotopic (exact) mass is 343 g/mol. The third-order valence-electron chi connectivity index (χ3n) is 5.93. The van der Waals surface area contributed by atoms with E-state index in [1.807, 2.05) is 0 Å². The number of nitrogens with one attached hydrogen (secondary N) is 1. The molecular formula is C18H34ClN3O. The molecule has 1 amide bonds. The van der Waals surface area contributed by atoms with E-state index in [4.69, 9.17) is 0 Å². The summed E-state index contributed by atoms with van der Waals surface area (Å²) in [6, 6.07) is 0.601. The van der Waals surface area contributed by atoms with Crippen LogP contribution in [0.1, 0.15) is 52.4 Å². The van der Waals surface area contributed by atoms with Gasteiger partial charge in [0, 0.05) is 50.7 Å². The van der Waals surface area contributed by atoms with Crippen molar-refractivity contribution in [3.63, 3.8) is 0 Å². The first-order valence-electron chi connectivity index (χ1n) is 9.35. The van der Waals surface area contributed by atoms with Crippen LogP contribution in [0.25, 0.3) is 0 Å². The van der Waals surface area contributed by atoms with Crippen molar-refractivity contribution in [3.05, 3.63) is 0 Å². The van der Waals surface area contributed by atoms with Crippen LogP contribution in [0.15, 0.2) is 0 Å². The lowest BCUT2D eigenvalue weighted by Crippen LogP contribution is -2.50. The molecule has 3 fully saturated rings. The van der Waals surface area contributed by atoms with E-state index in [-0.39, 0.29) is 17.8 Å². The van der Waals surface area contributed by atoms with E-state index < -0.39 is 0 Å². The average Bonchev–Trinajstić information content (AvgIpc) is 3.17. The molecule has 1 aliphatic carbocycles. The van der Waals surface area contributed by atoms with Crippen LogP contribution in [0.5, 0.6) is 0 Å². The molecule has 0 radical (unpaired) electrons. The Morgan fingerprint density at radius 2 is 1.83 bits per heavy atom. The summed E-state index contributed by atoms with van der Waals surface area (Å²) >= 11 is 0. The zero-order valence-corrected chi connectivity index (χ0v) is 15.7. The number of hydrogen-bond donors (Lipinski definition) is 1. The van der Waals surface area contributed by atoms with Crippen molar-refractivity contribution in [1.29, 1.82) is 0 Å². The highest BCUT2D eigenvalue weighted by Crippen LogP contribution is 2.45. The first kappa shape index (κ1) is 19.0. The van der Waals surface area contributed by atoms with E-state index in [0.29, 0.717) is 17.9 Å². The highest BCUT2D eigenvalue weighted by molar-refractivity contribution is 5.85. The number of hydrogen-bond acceptors (Lipinski definition) is 3. The summed E-state index contributed by atoms with van der Waals surface area (Å²) in [6.45, 7) is 11.0. The number of piperazine rings is 1. The van der Waals surface area contributed by atoms with Crippen molar-refractivity contribution in [2.24, 2.45) is 11.3 Å². The zero-order chi connectivity index (χ0) is 15.6. The second-order valence-electron chi connectivity index (χ2n) is 8.07. The summed E-state index contributed by atoms with van der Waals surface area (Å²) in [6.07, 6.45) is 6.99. The van der Waals surface area contributed by atoms with Crippen LogP contribution in [0.4, 0.5) is 0 Å². The molecule has 2 heterocycles. The van der Waals surface area contributed by atoms with Gasteiger partial charge in [-0.05, 0) is 31.6 Å². The molecule has 0 spiro atoms. The minimum absolute atomic E-state index is 0. The van der Waals surface area contributed by atoms with Gasteiger partial charge in [0.05, 0.1) is 0 Å². The number of rotatable bonds is 4. The second-order valence-corrected chi connectivity index (χ2v) is 8.07. The zero-order valence-electron chi connectivity index (χ0n) is 14.9. The average molecular weight is 344 g/mol. The SMILES string of the molecule is CC(C)CC1(C(=O)N2CCC(N3CCNCC3)C2)CCCC1.Cl. The minimum atomic E-state index is -0.0213. The van der Waals surface area contributed by atoms with Crippen LogP contribution in [-0.4, -0.2) is 61.0 Å². The Labute approximate surface area is 147 Å². The molecule has 0 aromatic rings. The molecule has 23 heavy (non-hydrogen) atoms. The number of amides is 1. The van der Waals surface area contributed by atoms with Crippen molar-refractivity contribution in [3.8, 4) is 0 Å². The van der Waals surface area contributed by atoms with E-state index in [0.717, 1.165) is 58.5 Å². The Morgan fingerprint density at radius 1 is 1.17 bits per heavy atom. The molecule has 0 aromatic heterocycles. The third kappa shape index (κ3) is 4.21. The number of carbonyl (C=O) groups excluding carboxylic acids is 1. The first-order valence-corrected chi connectivity index (χ1v) is 9.35. The molecule has 134 valence electrons. The largest absolute Gasteiger partial charge is 0.341 e. The van der Waals surface area contributed by atoms with Gasteiger partial charge in [0.25, 0.3) is 0 Å². The van der Waals surface area contributed by atoms with Crippen molar-refractivity contribution < 1.29 is 4.79 Å². The summed E-state index contributed by atoms with van der Waals surface area (Å²) in [5.41, 5.74) is -0.0213. The molecule has 2 aliphatic heterocycles. The maximum atomic E-state index is 13.2. The number of nitrogens with zero attached hydrogens (tertiary/aromatic N) is 2. The number of carbonyl (C=O) groups is 1. The van der Waals surface area contributed by atoms with Gasteiger partial charge in [0.1, 0.15) is 0 Å². The summed E-state index contributed by atoms with van der Waals surface area (Å²) in [5, 5.41) is 3.42. The van der Waals surface area contributed by atoms with Crippen LogP contribution in [0.2, 0.25) is 0 Å².